The monoisotopic (exact) mass is 148 g/mol. The molecule has 0 aliphatic carbocycles. The van der Waals surface area contributed by atoms with Crippen LogP contribution >= 0.6 is 0 Å². The molecule has 1 heterocycles. The van der Waals surface area contributed by atoms with Crippen molar-refractivity contribution in [2.45, 2.75) is 6.92 Å². The molecule has 11 heavy (non-hydrogen) atoms. The fourth-order valence-corrected chi connectivity index (χ4v) is 0.769. The third kappa shape index (κ3) is 1.47. The van der Waals surface area contributed by atoms with Crippen LogP contribution in [0.15, 0.2) is 12.1 Å². The Morgan fingerprint density at radius 3 is 2.82 bits per heavy atom. The van der Waals surface area contributed by atoms with E-state index in [9.17, 15) is 0 Å². The normalized spacial score (nSPS) is 8.82. The van der Waals surface area contributed by atoms with E-state index >= 15 is 0 Å². The molecule has 0 saturated heterocycles. The molecule has 0 spiro atoms. The van der Waals surface area contributed by atoms with Crippen LogP contribution in [0.25, 0.3) is 4.85 Å². The Morgan fingerprint density at radius 2 is 2.27 bits per heavy atom. The summed E-state index contributed by atoms with van der Waals surface area (Å²) in [5.41, 5.74) is 0.944. The second-order valence-corrected chi connectivity index (χ2v) is 2.11. The molecule has 0 bridgehead atoms. The van der Waals surface area contributed by atoms with Gasteiger partial charge in [-0.05, 0) is 13.0 Å². The minimum absolute atomic E-state index is 0.368. The van der Waals surface area contributed by atoms with E-state index in [2.05, 4.69) is 9.83 Å². The molecule has 0 aliphatic rings. The number of methoxy groups -OCH3 is 1. The summed E-state index contributed by atoms with van der Waals surface area (Å²) in [4.78, 5) is 7.11. The van der Waals surface area contributed by atoms with E-state index in [1.165, 1.54) is 0 Å². The maximum Gasteiger partial charge on any atom is 0.311 e. The summed E-state index contributed by atoms with van der Waals surface area (Å²) in [5, 5.41) is 0. The molecule has 3 nitrogen and oxygen atoms in total. The zero-order valence-corrected chi connectivity index (χ0v) is 6.46. The first kappa shape index (κ1) is 7.55. The van der Waals surface area contributed by atoms with Crippen molar-refractivity contribution in [3.05, 3.63) is 29.1 Å². The molecule has 0 atom stereocenters. The van der Waals surface area contributed by atoms with E-state index in [1.807, 2.05) is 13.0 Å². The highest BCUT2D eigenvalue weighted by atomic mass is 16.5. The number of aromatic nitrogens is 1. The minimum Gasteiger partial charge on any atom is -0.464 e. The third-order valence-electron chi connectivity index (χ3n) is 1.34. The summed E-state index contributed by atoms with van der Waals surface area (Å²) in [5.74, 6) is 0.894. The lowest BCUT2D eigenvalue weighted by Crippen LogP contribution is -1.89. The van der Waals surface area contributed by atoms with Gasteiger partial charge in [0.2, 0.25) is 0 Å². The molecule has 1 rings (SSSR count). The zero-order valence-electron chi connectivity index (χ0n) is 6.46. The second-order valence-electron chi connectivity index (χ2n) is 2.11. The molecular formula is C8H8N2O. The van der Waals surface area contributed by atoms with Crippen LogP contribution in [0.3, 0.4) is 0 Å². The summed E-state index contributed by atoms with van der Waals surface area (Å²) in [6.07, 6.45) is 0. The van der Waals surface area contributed by atoms with Gasteiger partial charge >= 0.3 is 5.88 Å². The quantitative estimate of drug-likeness (QED) is 0.569. The van der Waals surface area contributed by atoms with E-state index in [0.717, 1.165) is 5.56 Å². The van der Waals surface area contributed by atoms with Crippen LogP contribution in [-0.4, -0.2) is 12.1 Å². The van der Waals surface area contributed by atoms with Crippen LogP contribution in [0.4, 0.5) is 5.82 Å². The molecule has 56 valence electrons. The number of hydrogen-bond acceptors (Lipinski definition) is 2. The summed E-state index contributed by atoms with van der Waals surface area (Å²) in [7, 11) is 1.54. The van der Waals surface area contributed by atoms with Crippen LogP contribution in [-0.2, 0) is 0 Å². The van der Waals surface area contributed by atoms with Crippen molar-refractivity contribution < 1.29 is 4.74 Å². The van der Waals surface area contributed by atoms with Crippen molar-refractivity contribution in [3.8, 4) is 5.88 Å². The van der Waals surface area contributed by atoms with Crippen molar-refractivity contribution in [2.24, 2.45) is 0 Å². The van der Waals surface area contributed by atoms with Gasteiger partial charge in [0.05, 0.1) is 7.11 Å². The highest BCUT2D eigenvalue weighted by Gasteiger charge is 2.03. The molecule has 0 unspecified atom stereocenters. The van der Waals surface area contributed by atoms with Crippen LogP contribution in [0.2, 0.25) is 0 Å². The molecule has 1 aromatic rings. The van der Waals surface area contributed by atoms with Gasteiger partial charge in [0.15, 0.2) is 0 Å². The van der Waals surface area contributed by atoms with Crippen LogP contribution in [0.1, 0.15) is 5.56 Å². The van der Waals surface area contributed by atoms with Gasteiger partial charge in [-0.3, -0.25) is 0 Å². The molecule has 0 aliphatic heterocycles. The highest BCUT2D eigenvalue weighted by Crippen LogP contribution is 2.18. The maximum absolute atomic E-state index is 6.69. The van der Waals surface area contributed by atoms with Crippen LogP contribution in [0, 0.1) is 13.5 Å². The molecule has 0 saturated carbocycles. The van der Waals surface area contributed by atoms with Crippen molar-refractivity contribution in [2.75, 3.05) is 7.11 Å². The van der Waals surface area contributed by atoms with Gasteiger partial charge in [0, 0.05) is 5.56 Å². The topological polar surface area (TPSA) is 26.5 Å². The molecule has 0 fully saturated rings. The Morgan fingerprint density at radius 1 is 1.55 bits per heavy atom. The first-order valence-electron chi connectivity index (χ1n) is 3.17. The average Bonchev–Trinajstić information content (AvgIpc) is 2.05. The molecule has 1 aromatic heterocycles. The fourth-order valence-electron chi connectivity index (χ4n) is 0.769. The summed E-state index contributed by atoms with van der Waals surface area (Å²) < 4.78 is 4.93. The predicted octanol–water partition coefficient (Wildman–Crippen LogP) is 1.95. The second kappa shape index (κ2) is 3.02. The Balaban J connectivity index is 3.15. The van der Waals surface area contributed by atoms with Crippen molar-refractivity contribution >= 4 is 5.82 Å². The standard InChI is InChI=1S/C8H8N2O/c1-6-4-5-7(9-2)10-8(6)11-3/h4-5H,1,3H3. The fraction of sp³-hybridized carbons (Fsp3) is 0.250. The number of hydrogen-bond donors (Lipinski definition) is 0. The summed E-state index contributed by atoms with van der Waals surface area (Å²) >= 11 is 0. The molecule has 0 amide bonds. The Kier molecular flexibility index (Phi) is 2.07. The van der Waals surface area contributed by atoms with Crippen molar-refractivity contribution in [1.82, 2.24) is 4.98 Å². The molecular weight excluding hydrogens is 140 g/mol. The number of nitrogens with zero attached hydrogens (tertiary/aromatic N) is 2. The maximum atomic E-state index is 6.69. The minimum atomic E-state index is 0.368. The SMILES string of the molecule is [C-]#[N+]c1ccc(C)c(OC)n1. The highest BCUT2D eigenvalue weighted by molar-refractivity contribution is 5.41. The summed E-state index contributed by atoms with van der Waals surface area (Å²) in [6, 6.07) is 3.49. The van der Waals surface area contributed by atoms with Crippen LogP contribution in [0.5, 0.6) is 5.88 Å². The number of rotatable bonds is 1. The molecule has 3 heteroatoms. The van der Waals surface area contributed by atoms with Gasteiger partial charge in [0.1, 0.15) is 0 Å². The molecule has 0 radical (unpaired) electrons. The van der Waals surface area contributed by atoms with E-state index in [4.69, 9.17) is 11.3 Å². The number of aryl methyl sites for hydroxylation is 1. The lowest BCUT2D eigenvalue weighted by atomic mass is 10.3. The van der Waals surface area contributed by atoms with E-state index < -0.39 is 0 Å². The average molecular weight is 148 g/mol. The molecule has 0 aromatic carbocycles. The van der Waals surface area contributed by atoms with Crippen LogP contribution < -0.4 is 4.74 Å². The lowest BCUT2D eigenvalue weighted by molar-refractivity contribution is 0.395. The first-order chi connectivity index (χ1) is 5.27. The van der Waals surface area contributed by atoms with Crippen molar-refractivity contribution in [3.63, 3.8) is 0 Å². The van der Waals surface area contributed by atoms with E-state index in [-0.39, 0.29) is 0 Å². The molecule has 0 N–H and O–H groups in total. The van der Waals surface area contributed by atoms with E-state index in [1.54, 1.807) is 13.2 Å². The largest absolute Gasteiger partial charge is 0.464 e. The van der Waals surface area contributed by atoms with Gasteiger partial charge in [-0.25, -0.2) is 0 Å². The number of pyridine rings is 1. The van der Waals surface area contributed by atoms with Gasteiger partial charge < -0.3 is 9.58 Å². The first-order valence-corrected chi connectivity index (χ1v) is 3.17. The zero-order chi connectivity index (χ0) is 8.27. The Hall–Kier alpha value is -1.56. The van der Waals surface area contributed by atoms with Crippen molar-refractivity contribution in [1.29, 1.82) is 0 Å². The predicted molar refractivity (Wildman–Crippen MR) is 41.8 cm³/mol. The van der Waals surface area contributed by atoms with Gasteiger partial charge in [-0.1, -0.05) is 17.6 Å². The Bertz CT molecular complexity index is 301. The third-order valence-corrected chi connectivity index (χ3v) is 1.34. The number of ether oxygens (including phenoxy) is 1. The van der Waals surface area contributed by atoms with Gasteiger partial charge in [0.25, 0.3) is 5.82 Å². The summed E-state index contributed by atoms with van der Waals surface area (Å²) in [6.45, 7) is 8.58. The smallest absolute Gasteiger partial charge is 0.311 e. The lowest BCUT2D eigenvalue weighted by Gasteiger charge is -1.97. The van der Waals surface area contributed by atoms with Gasteiger partial charge in [-0.2, -0.15) is 0 Å². The Labute approximate surface area is 65.5 Å². The van der Waals surface area contributed by atoms with Gasteiger partial charge in [-0.15, -0.1) is 0 Å². The van der Waals surface area contributed by atoms with E-state index in [0.29, 0.717) is 11.7 Å².